The quantitative estimate of drug-likeness (QED) is 0.850. The number of nitrogens with zero attached hydrogens (tertiary/aromatic N) is 1. The smallest absolute Gasteiger partial charge is 0.307 e. The van der Waals surface area contributed by atoms with Gasteiger partial charge in [0.05, 0.1) is 11.8 Å². The topological polar surface area (TPSA) is 57.6 Å². The fourth-order valence-electron chi connectivity index (χ4n) is 4.39. The molecule has 1 saturated carbocycles. The summed E-state index contributed by atoms with van der Waals surface area (Å²) in [5, 5.41) is 9.51. The Hall–Kier alpha value is -2.10. The van der Waals surface area contributed by atoms with Crippen molar-refractivity contribution in [1.82, 2.24) is 4.90 Å². The molecule has 114 valence electrons. The van der Waals surface area contributed by atoms with Crippen LogP contribution in [0.25, 0.3) is 0 Å². The molecule has 0 aromatic heterocycles. The van der Waals surface area contributed by atoms with Gasteiger partial charge in [-0.05, 0) is 35.8 Å². The number of hydrogen-bond donors (Lipinski definition) is 1. The lowest BCUT2D eigenvalue weighted by Crippen LogP contribution is -2.44. The molecule has 2 bridgehead atoms. The highest BCUT2D eigenvalue weighted by atomic mass is 16.4. The molecule has 1 heterocycles. The SMILES string of the molecule is O=C(O)[C@H]1[C@@H](C(=O)N2CCc3ccccc3C2)[C@@H]2C=C[C@H]1C2. The van der Waals surface area contributed by atoms with Gasteiger partial charge in [0.1, 0.15) is 0 Å². The van der Waals surface area contributed by atoms with Gasteiger partial charge in [0.15, 0.2) is 0 Å². The number of rotatable bonds is 2. The van der Waals surface area contributed by atoms with Crippen molar-refractivity contribution in [3.63, 3.8) is 0 Å². The fraction of sp³-hybridized carbons (Fsp3) is 0.444. The molecule has 0 spiro atoms. The zero-order chi connectivity index (χ0) is 15.3. The first-order chi connectivity index (χ1) is 10.6. The Morgan fingerprint density at radius 3 is 2.45 bits per heavy atom. The van der Waals surface area contributed by atoms with E-state index < -0.39 is 11.9 Å². The van der Waals surface area contributed by atoms with E-state index in [2.05, 4.69) is 12.1 Å². The predicted molar refractivity (Wildman–Crippen MR) is 80.9 cm³/mol. The maximum absolute atomic E-state index is 12.9. The Bertz CT molecular complexity index is 666. The Labute approximate surface area is 129 Å². The Balaban J connectivity index is 1.58. The summed E-state index contributed by atoms with van der Waals surface area (Å²) in [5.41, 5.74) is 2.49. The summed E-state index contributed by atoms with van der Waals surface area (Å²) in [5.74, 6) is -1.58. The van der Waals surface area contributed by atoms with E-state index in [1.54, 1.807) is 0 Å². The van der Waals surface area contributed by atoms with Crippen molar-refractivity contribution in [2.45, 2.75) is 19.4 Å². The Morgan fingerprint density at radius 2 is 1.73 bits per heavy atom. The van der Waals surface area contributed by atoms with Crippen LogP contribution in [-0.4, -0.2) is 28.4 Å². The number of amides is 1. The van der Waals surface area contributed by atoms with Gasteiger partial charge in [0, 0.05) is 13.1 Å². The van der Waals surface area contributed by atoms with Gasteiger partial charge in [-0.2, -0.15) is 0 Å². The van der Waals surface area contributed by atoms with E-state index in [9.17, 15) is 14.7 Å². The summed E-state index contributed by atoms with van der Waals surface area (Å²) in [4.78, 5) is 26.4. The van der Waals surface area contributed by atoms with Crippen LogP contribution in [0.4, 0.5) is 0 Å². The molecule has 1 aromatic carbocycles. The summed E-state index contributed by atoms with van der Waals surface area (Å²) < 4.78 is 0. The van der Waals surface area contributed by atoms with Crippen molar-refractivity contribution in [2.24, 2.45) is 23.7 Å². The van der Waals surface area contributed by atoms with Gasteiger partial charge < -0.3 is 10.0 Å². The van der Waals surface area contributed by atoms with Crippen molar-refractivity contribution in [1.29, 1.82) is 0 Å². The minimum absolute atomic E-state index is 0.0266. The molecular formula is C18H19NO3. The van der Waals surface area contributed by atoms with Crippen LogP contribution in [0.1, 0.15) is 17.5 Å². The molecule has 1 aromatic rings. The largest absolute Gasteiger partial charge is 0.481 e. The highest BCUT2D eigenvalue weighted by Gasteiger charge is 2.52. The molecule has 0 unspecified atom stereocenters. The molecule has 4 nitrogen and oxygen atoms in total. The summed E-state index contributed by atoms with van der Waals surface area (Å²) in [7, 11) is 0. The van der Waals surface area contributed by atoms with Crippen LogP contribution in [0.15, 0.2) is 36.4 Å². The molecule has 0 radical (unpaired) electrons. The second-order valence-electron chi connectivity index (χ2n) is 6.62. The zero-order valence-electron chi connectivity index (χ0n) is 12.3. The second kappa shape index (κ2) is 4.97. The van der Waals surface area contributed by atoms with E-state index in [4.69, 9.17) is 0 Å². The highest BCUT2D eigenvalue weighted by molar-refractivity contribution is 5.87. The normalized spacial score (nSPS) is 32.1. The lowest BCUT2D eigenvalue weighted by Gasteiger charge is -2.34. The average Bonchev–Trinajstić information content (AvgIpc) is 3.14. The number of carbonyl (C=O) groups is 2. The fourth-order valence-corrected chi connectivity index (χ4v) is 4.39. The van der Waals surface area contributed by atoms with E-state index in [-0.39, 0.29) is 23.7 Å². The van der Waals surface area contributed by atoms with Gasteiger partial charge in [-0.1, -0.05) is 36.4 Å². The first-order valence-corrected chi connectivity index (χ1v) is 7.92. The number of carboxylic acid groups (broad SMARTS) is 1. The number of hydrogen-bond acceptors (Lipinski definition) is 2. The lowest BCUT2D eigenvalue weighted by molar-refractivity contribution is -0.151. The lowest BCUT2D eigenvalue weighted by atomic mass is 9.81. The molecule has 0 saturated heterocycles. The van der Waals surface area contributed by atoms with E-state index in [0.29, 0.717) is 13.1 Å². The average molecular weight is 297 g/mol. The van der Waals surface area contributed by atoms with Gasteiger partial charge in [0.25, 0.3) is 0 Å². The van der Waals surface area contributed by atoms with Gasteiger partial charge in [-0.25, -0.2) is 0 Å². The van der Waals surface area contributed by atoms with Gasteiger partial charge in [0.2, 0.25) is 5.91 Å². The minimum Gasteiger partial charge on any atom is -0.481 e. The Morgan fingerprint density at radius 1 is 1.05 bits per heavy atom. The molecule has 2 aliphatic carbocycles. The number of fused-ring (bicyclic) bond motifs is 3. The van der Waals surface area contributed by atoms with Crippen molar-refractivity contribution in [2.75, 3.05) is 6.54 Å². The van der Waals surface area contributed by atoms with Crippen molar-refractivity contribution in [3.05, 3.63) is 47.5 Å². The summed E-state index contributed by atoms with van der Waals surface area (Å²) in [6.45, 7) is 1.30. The molecule has 1 fully saturated rings. The van der Waals surface area contributed by atoms with Crippen LogP contribution in [0.2, 0.25) is 0 Å². The van der Waals surface area contributed by atoms with Crippen LogP contribution in [-0.2, 0) is 22.6 Å². The van der Waals surface area contributed by atoms with Gasteiger partial charge in [-0.3, -0.25) is 9.59 Å². The van der Waals surface area contributed by atoms with E-state index in [1.807, 2.05) is 29.2 Å². The van der Waals surface area contributed by atoms with Crippen molar-refractivity contribution < 1.29 is 14.7 Å². The van der Waals surface area contributed by atoms with Crippen LogP contribution < -0.4 is 0 Å². The monoisotopic (exact) mass is 297 g/mol. The standard InChI is InChI=1S/C18H19NO3/c20-17(15-12-5-6-13(9-12)16(15)18(21)22)19-8-7-11-3-1-2-4-14(11)10-19/h1-6,12-13,15-16H,7-10H2,(H,21,22)/t12-,13+,15+,16-/m1/s1. The van der Waals surface area contributed by atoms with Crippen LogP contribution >= 0.6 is 0 Å². The van der Waals surface area contributed by atoms with E-state index in [1.165, 1.54) is 11.1 Å². The van der Waals surface area contributed by atoms with E-state index >= 15 is 0 Å². The molecule has 1 amide bonds. The van der Waals surface area contributed by atoms with Gasteiger partial charge in [-0.15, -0.1) is 0 Å². The first-order valence-electron chi connectivity index (χ1n) is 7.92. The van der Waals surface area contributed by atoms with Crippen molar-refractivity contribution >= 4 is 11.9 Å². The molecule has 1 aliphatic heterocycles. The predicted octanol–water partition coefficient (Wildman–Crippen LogP) is 2.09. The number of carbonyl (C=O) groups excluding carboxylic acids is 1. The van der Waals surface area contributed by atoms with Crippen molar-refractivity contribution in [3.8, 4) is 0 Å². The molecule has 3 aliphatic rings. The molecule has 22 heavy (non-hydrogen) atoms. The molecule has 4 rings (SSSR count). The number of benzene rings is 1. The maximum Gasteiger partial charge on any atom is 0.307 e. The molecular weight excluding hydrogens is 278 g/mol. The van der Waals surface area contributed by atoms with Gasteiger partial charge >= 0.3 is 5.97 Å². The number of aliphatic carboxylic acids is 1. The highest BCUT2D eigenvalue weighted by Crippen LogP contribution is 2.49. The number of allylic oxidation sites excluding steroid dienone is 2. The Kier molecular flexibility index (Phi) is 3.06. The first kappa shape index (κ1) is 13.6. The number of carboxylic acids is 1. The van der Waals surface area contributed by atoms with Crippen LogP contribution in [0.5, 0.6) is 0 Å². The minimum atomic E-state index is -0.826. The third-order valence-electron chi connectivity index (χ3n) is 5.47. The van der Waals surface area contributed by atoms with Crippen LogP contribution in [0.3, 0.4) is 0 Å². The third-order valence-corrected chi connectivity index (χ3v) is 5.47. The maximum atomic E-state index is 12.9. The summed E-state index contributed by atoms with van der Waals surface area (Å²) in [6, 6.07) is 8.19. The van der Waals surface area contributed by atoms with E-state index in [0.717, 1.165) is 12.8 Å². The zero-order valence-corrected chi connectivity index (χ0v) is 12.3. The summed E-state index contributed by atoms with van der Waals surface area (Å²) >= 11 is 0. The summed E-state index contributed by atoms with van der Waals surface area (Å²) in [6.07, 6.45) is 5.71. The molecule has 1 N–H and O–H groups in total. The molecule has 4 atom stereocenters. The molecule has 4 heteroatoms. The third kappa shape index (κ3) is 1.97. The second-order valence-corrected chi connectivity index (χ2v) is 6.62. The van der Waals surface area contributed by atoms with Crippen LogP contribution in [0, 0.1) is 23.7 Å².